The molecular weight excluding hydrogens is 266 g/mol. The molecule has 16 heavy (non-hydrogen) atoms. The summed E-state index contributed by atoms with van der Waals surface area (Å²) in [6.07, 6.45) is 2.21. The lowest BCUT2D eigenvalue weighted by atomic mass is 10.1. The van der Waals surface area contributed by atoms with Gasteiger partial charge >= 0.3 is 0 Å². The first-order chi connectivity index (χ1) is 7.66. The summed E-state index contributed by atoms with van der Waals surface area (Å²) in [6, 6.07) is 4.97. The number of ether oxygens (including phenoxy) is 1. The van der Waals surface area contributed by atoms with Gasteiger partial charge in [-0.05, 0) is 49.9 Å². The average molecular weight is 284 g/mol. The summed E-state index contributed by atoms with van der Waals surface area (Å²) in [6.45, 7) is 6.02. The Bertz CT molecular complexity index is 349. The second-order valence-corrected chi connectivity index (χ2v) is 5.25. The minimum Gasteiger partial charge on any atom is -0.382 e. The SMILES string of the molecule is Cc1cc(NC2CCOCC2)cc(C)c1Br. The van der Waals surface area contributed by atoms with Crippen molar-refractivity contribution in [3.05, 3.63) is 27.7 Å². The molecule has 0 bridgehead atoms. The molecule has 0 saturated carbocycles. The van der Waals surface area contributed by atoms with E-state index in [1.807, 2.05) is 0 Å². The highest BCUT2D eigenvalue weighted by atomic mass is 79.9. The highest BCUT2D eigenvalue weighted by Gasteiger charge is 2.13. The van der Waals surface area contributed by atoms with Crippen molar-refractivity contribution in [1.29, 1.82) is 0 Å². The van der Waals surface area contributed by atoms with Crippen LogP contribution in [0.4, 0.5) is 5.69 Å². The molecule has 0 spiro atoms. The van der Waals surface area contributed by atoms with E-state index in [1.54, 1.807) is 0 Å². The molecule has 1 aliphatic heterocycles. The van der Waals surface area contributed by atoms with Gasteiger partial charge in [0.05, 0.1) is 0 Å². The van der Waals surface area contributed by atoms with Crippen molar-refractivity contribution < 1.29 is 4.74 Å². The zero-order chi connectivity index (χ0) is 11.5. The van der Waals surface area contributed by atoms with Gasteiger partial charge in [-0.2, -0.15) is 0 Å². The molecule has 0 aromatic heterocycles. The van der Waals surface area contributed by atoms with Gasteiger partial charge in [0, 0.05) is 29.4 Å². The Morgan fingerprint density at radius 3 is 2.31 bits per heavy atom. The summed E-state index contributed by atoms with van der Waals surface area (Å²) in [4.78, 5) is 0. The number of nitrogens with one attached hydrogen (secondary N) is 1. The molecule has 1 aliphatic rings. The van der Waals surface area contributed by atoms with Crippen molar-refractivity contribution >= 4 is 21.6 Å². The van der Waals surface area contributed by atoms with Crippen molar-refractivity contribution in [3.8, 4) is 0 Å². The van der Waals surface area contributed by atoms with Gasteiger partial charge in [-0.15, -0.1) is 0 Å². The van der Waals surface area contributed by atoms with Crippen molar-refractivity contribution in [1.82, 2.24) is 0 Å². The van der Waals surface area contributed by atoms with Crippen LogP contribution in [0.15, 0.2) is 16.6 Å². The van der Waals surface area contributed by atoms with Crippen LogP contribution in [-0.4, -0.2) is 19.3 Å². The van der Waals surface area contributed by atoms with E-state index in [9.17, 15) is 0 Å². The van der Waals surface area contributed by atoms with Crippen LogP contribution in [0, 0.1) is 13.8 Å². The van der Waals surface area contributed by atoms with Crippen LogP contribution in [0.5, 0.6) is 0 Å². The Balaban J connectivity index is 2.09. The maximum absolute atomic E-state index is 5.36. The molecule has 1 saturated heterocycles. The summed E-state index contributed by atoms with van der Waals surface area (Å²) in [5, 5.41) is 3.59. The van der Waals surface area contributed by atoms with Crippen LogP contribution in [-0.2, 0) is 4.74 Å². The lowest BCUT2D eigenvalue weighted by molar-refractivity contribution is 0.0904. The highest BCUT2D eigenvalue weighted by molar-refractivity contribution is 9.10. The predicted molar refractivity (Wildman–Crippen MR) is 71.1 cm³/mol. The predicted octanol–water partition coefficient (Wildman–Crippen LogP) is 3.66. The van der Waals surface area contributed by atoms with E-state index in [1.165, 1.54) is 21.3 Å². The number of anilines is 1. The molecule has 2 rings (SSSR count). The topological polar surface area (TPSA) is 21.3 Å². The third-order valence-electron chi connectivity index (χ3n) is 3.03. The molecule has 0 atom stereocenters. The molecule has 1 heterocycles. The molecule has 88 valence electrons. The average Bonchev–Trinajstić information content (AvgIpc) is 2.27. The zero-order valence-corrected chi connectivity index (χ0v) is 11.4. The Labute approximate surface area is 106 Å². The number of benzene rings is 1. The minimum absolute atomic E-state index is 0.564. The zero-order valence-electron chi connectivity index (χ0n) is 9.85. The standard InChI is InChI=1S/C13H18BrNO/c1-9-7-12(8-10(2)13(9)14)15-11-3-5-16-6-4-11/h7-8,11,15H,3-6H2,1-2H3. The van der Waals surface area contributed by atoms with Crippen LogP contribution in [0.1, 0.15) is 24.0 Å². The molecule has 0 unspecified atom stereocenters. The molecule has 1 aromatic rings. The second-order valence-electron chi connectivity index (χ2n) is 4.46. The maximum atomic E-state index is 5.36. The first-order valence-electron chi connectivity index (χ1n) is 5.78. The largest absolute Gasteiger partial charge is 0.382 e. The van der Waals surface area contributed by atoms with Crippen molar-refractivity contribution in [2.75, 3.05) is 18.5 Å². The molecule has 1 aromatic carbocycles. The number of hydrogen-bond donors (Lipinski definition) is 1. The van der Waals surface area contributed by atoms with Crippen molar-refractivity contribution in [2.45, 2.75) is 32.7 Å². The maximum Gasteiger partial charge on any atom is 0.0485 e. The summed E-state index contributed by atoms with van der Waals surface area (Å²) >= 11 is 3.59. The third kappa shape index (κ3) is 2.77. The molecular formula is C13H18BrNO. The quantitative estimate of drug-likeness (QED) is 0.895. The molecule has 0 amide bonds. The summed E-state index contributed by atoms with van der Waals surface area (Å²) in [7, 11) is 0. The first-order valence-corrected chi connectivity index (χ1v) is 6.57. The number of aryl methyl sites for hydroxylation is 2. The summed E-state index contributed by atoms with van der Waals surface area (Å²) in [5.41, 5.74) is 3.80. The highest BCUT2D eigenvalue weighted by Crippen LogP contribution is 2.26. The number of rotatable bonds is 2. The van der Waals surface area contributed by atoms with Gasteiger partial charge in [-0.25, -0.2) is 0 Å². The van der Waals surface area contributed by atoms with E-state index < -0.39 is 0 Å². The van der Waals surface area contributed by atoms with Gasteiger partial charge in [-0.3, -0.25) is 0 Å². The van der Waals surface area contributed by atoms with Gasteiger partial charge in [0.1, 0.15) is 0 Å². The van der Waals surface area contributed by atoms with Crippen LogP contribution >= 0.6 is 15.9 Å². The number of halogens is 1. The van der Waals surface area contributed by atoms with E-state index in [4.69, 9.17) is 4.74 Å². The van der Waals surface area contributed by atoms with Crippen LogP contribution in [0.3, 0.4) is 0 Å². The van der Waals surface area contributed by atoms with Crippen LogP contribution in [0.25, 0.3) is 0 Å². The second kappa shape index (κ2) is 5.19. The Morgan fingerprint density at radius 2 is 1.75 bits per heavy atom. The third-order valence-corrected chi connectivity index (χ3v) is 4.28. The lowest BCUT2D eigenvalue weighted by Gasteiger charge is -2.24. The molecule has 1 N–H and O–H groups in total. The molecule has 0 radical (unpaired) electrons. The van der Waals surface area contributed by atoms with Crippen LogP contribution in [0.2, 0.25) is 0 Å². The monoisotopic (exact) mass is 283 g/mol. The molecule has 2 nitrogen and oxygen atoms in total. The Kier molecular flexibility index (Phi) is 3.87. The van der Waals surface area contributed by atoms with Gasteiger partial charge < -0.3 is 10.1 Å². The summed E-state index contributed by atoms with van der Waals surface area (Å²) < 4.78 is 6.57. The molecule has 3 heteroatoms. The number of hydrogen-bond acceptors (Lipinski definition) is 2. The minimum atomic E-state index is 0.564. The van der Waals surface area contributed by atoms with E-state index in [0.29, 0.717) is 6.04 Å². The van der Waals surface area contributed by atoms with Gasteiger partial charge in [0.25, 0.3) is 0 Å². The van der Waals surface area contributed by atoms with Crippen LogP contribution < -0.4 is 5.32 Å². The fraction of sp³-hybridized carbons (Fsp3) is 0.538. The van der Waals surface area contributed by atoms with E-state index in [2.05, 4.69) is 47.2 Å². The Hall–Kier alpha value is -0.540. The Morgan fingerprint density at radius 1 is 1.19 bits per heavy atom. The molecule has 1 fully saturated rings. The van der Waals surface area contributed by atoms with E-state index in [-0.39, 0.29) is 0 Å². The fourth-order valence-corrected chi connectivity index (χ4v) is 2.34. The normalized spacial score (nSPS) is 17.4. The first kappa shape index (κ1) is 11.9. The van der Waals surface area contributed by atoms with E-state index >= 15 is 0 Å². The van der Waals surface area contributed by atoms with Crippen molar-refractivity contribution in [3.63, 3.8) is 0 Å². The summed E-state index contributed by atoms with van der Waals surface area (Å²) in [5.74, 6) is 0. The van der Waals surface area contributed by atoms with Gasteiger partial charge in [0.2, 0.25) is 0 Å². The fourth-order valence-electron chi connectivity index (χ4n) is 2.11. The smallest absolute Gasteiger partial charge is 0.0485 e. The van der Waals surface area contributed by atoms with Gasteiger partial charge in [0.15, 0.2) is 0 Å². The lowest BCUT2D eigenvalue weighted by Crippen LogP contribution is -2.27. The van der Waals surface area contributed by atoms with Crippen molar-refractivity contribution in [2.24, 2.45) is 0 Å². The molecule has 0 aliphatic carbocycles. The van der Waals surface area contributed by atoms with Gasteiger partial charge in [-0.1, -0.05) is 15.9 Å². The van der Waals surface area contributed by atoms with E-state index in [0.717, 1.165) is 26.1 Å².